The van der Waals surface area contributed by atoms with E-state index in [9.17, 15) is 14.0 Å². The molecule has 2 aliphatic rings. The minimum atomic E-state index is -1.45. The summed E-state index contributed by atoms with van der Waals surface area (Å²) in [4.78, 5) is 35.2. The number of rotatable bonds is 7. The fraction of sp³-hybridized carbons (Fsp3) is 0.391. The van der Waals surface area contributed by atoms with Crippen LogP contribution in [0.5, 0.6) is 0 Å². The van der Waals surface area contributed by atoms with Crippen LogP contribution in [0.15, 0.2) is 46.9 Å². The van der Waals surface area contributed by atoms with Gasteiger partial charge in [0.05, 0.1) is 30.4 Å². The molecular weight excluding hydrogens is 497 g/mol. The molecule has 11 nitrogen and oxygen atoms in total. The molecule has 0 spiro atoms. The molecule has 2 aromatic rings. The van der Waals surface area contributed by atoms with Gasteiger partial charge in [0.25, 0.3) is 0 Å². The molecule has 1 aromatic heterocycles. The van der Waals surface area contributed by atoms with E-state index < -0.39 is 30.2 Å². The fourth-order valence-corrected chi connectivity index (χ4v) is 4.29. The molecule has 3 heterocycles. The molecule has 1 saturated heterocycles. The number of amidine groups is 1. The molecule has 0 radical (unpaired) electrons. The summed E-state index contributed by atoms with van der Waals surface area (Å²) in [5.41, 5.74) is 0.751. The third kappa shape index (κ3) is 5.35. The average molecular weight is 522 g/mol. The maximum absolute atomic E-state index is 14.4. The molecule has 1 aromatic carbocycles. The number of nitrogens with zero attached hydrogens (tertiary/aromatic N) is 4. The lowest BCUT2D eigenvalue weighted by atomic mass is 9.95. The summed E-state index contributed by atoms with van der Waals surface area (Å²) >= 11 is 6.33. The molecular formula is C23H25ClFN5O6. The summed E-state index contributed by atoms with van der Waals surface area (Å²) in [5.74, 6) is -0.542. The Bertz CT molecular complexity index is 1220. The molecule has 0 saturated carbocycles. The van der Waals surface area contributed by atoms with E-state index in [1.54, 1.807) is 41.9 Å². The van der Waals surface area contributed by atoms with E-state index in [4.69, 9.17) is 35.9 Å². The Labute approximate surface area is 211 Å². The molecule has 0 amide bonds. The van der Waals surface area contributed by atoms with E-state index >= 15 is 0 Å². The highest BCUT2D eigenvalue weighted by atomic mass is 35.5. The Kier molecular flexibility index (Phi) is 7.87. The first-order valence-electron chi connectivity index (χ1n) is 11.2. The standard InChI is InChI=1S/C23H25ClFN5O6/c1-3-35-22(31)17-15(11-30-9-10-34-12-16(30)36-23(32)33)27-20(21-26-7-8-29(21)2)28-19(17)13-5-4-6-14(25)18(13)24/h4-8,16,19H,3,9-12H2,1-2H3,(H,27,28)(H,32,33)/t16-,19-/m0/s1. The average Bonchev–Trinajstić information content (AvgIpc) is 3.27. The number of carboxylic acid groups (broad SMARTS) is 1. The molecule has 1 fully saturated rings. The van der Waals surface area contributed by atoms with E-state index in [1.807, 2.05) is 0 Å². The normalized spacial score (nSPS) is 20.5. The number of aryl methyl sites for hydroxylation is 1. The van der Waals surface area contributed by atoms with Crippen molar-refractivity contribution in [3.63, 3.8) is 0 Å². The number of benzene rings is 1. The zero-order valence-corrected chi connectivity index (χ0v) is 20.4. The molecule has 0 aliphatic carbocycles. The Morgan fingerprint density at radius 1 is 1.39 bits per heavy atom. The van der Waals surface area contributed by atoms with Crippen LogP contribution in [0.1, 0.15) is 24.4 Å². The molecule has 2 aliphatic heterocycles. The van der Waals surface area contributed by atoms with Crippen LogP contribution in [-0.4, -0.2) is 76.7 Å². The summed E-state index contributed by atoms with van der Waals surface area (Å²) in [6, 6.07) is 3.26. The molecule has 192 valence electrons. The largest absolute Gasteiger partial charge is 0.507 e. The number of aliphatic imine (C=N–C) groups is 1. The number of nitrogens with one attached hydrogen (secondary N) is 1. The van der Waals surface area contributed by atoms with Crippen molar-refractivity contribution in [1.29, 1.82) is 0 Å². The number of carbonyl (C=O) groups is 2. The van der Waals surface area contributed by atoms with Crippen molar-refractivity contribution >= 4 is 29.6 Å². The second-order valence-corrected chi connectivity index (χ2v) is 8.38. The van der Waals surface area contributed by atoms with E-state index in [0.717, 1.165) is 0 Å². The van der Waals surface area contributed by atoms with Crippen molar-refractivity contribution < 1.29 is 33.3 Å². The van der Waals surface area contributed by atoms with Gasteiger partial charge >= 0.3 is 12.1 Å². The van der Waals surface area contributed by atoms with Crippen molar-refractivity contribution in [2.45, 2.75) is 19.2 Å². The van der Waals surface area contributed by atoms with Crippen molar-refractivity contribution in [2.24, 2.45) is 12.0 Å². The summed E-state index contributed by atoms with van der Waals surface area (Å²) in [6.45, 7) is 2.51. The topological polar surface area (TPSA) is 128 Å². The smallest absolute Gasteiger partial charge is 0.463 e. The van der Waals surface area contributed by atoms with Gasteiger partial charge in [0.2, 0.25) is 0 Å². The maximum atomic E-state index is 14.4. The Balaban J connectivity index is 1.84. The minimum Gasteiger partial charge on any atom is -0.463 e. The number of carbonyl (C=O) groups excluding carboxylic acids is 1. The summed E-state index contributed by atoms with van der Waals surface area (Å²) in [6.07, 6.45) is 0.964. The van der Waals surface area contributed by atoms with Crippen LogP contribution < -0.4 is 5.32 Å². The highest BCUT2D eigenvalue weighted by Crippen LogP contribution is 2.37. The zero-order chi connectivity index (χ0) is 25.8. The first kappa shape index (κ1) is 25.6. The summed E-state index contributed by atoms with van der Waals surface area (Å²) in [7, 11) is 1.78. The molecule has 4 rings (SSSR count). The monoisotopic (exact) mass is 521 g/mol. The van der Waals surface area contributed by atoms with Crippen molar-refractivity contribution in [1.82, 2.24) is 19.8 Å². The lowest BCUT2D eigenvalue weighted by Gasteiger charge is -2.36. The highest BCUT2D eigenvalue weighted by Gasteiger charge is 2.37. The zero-order valence-electron chi connectivity index (χ0n) is 19.6. The second-order valence-electron chi connectivity index (χ2n) is 8.01. The lowest BCUT2D eigenvalue weighted by molar-refractivity contribution is -0.139. The third-order valence-electron chi connectivity index (χ3n) is 5.72. The lowest BCUT2D eigenvalue weighted by Crippen LogP contribution is -2.50. The minimum absolute atomic E-state index is 0.0216. The number of hydrogen-bond donors (Lipinski definition) is 2. The third-order valence-corrected chi connectivity index (χ3v) is 6.12. The highest BCUT2D eigenvalue weighted by molar-refractivity contribution is 6.31. The van der Waals surface area contributed by atoms with Crippen molar-refractivity contribution in [2.75, 3.05) is 32.9 Å². The van der Waals surface area contributed by atoms with Gasteiger partial charge in [-0.1, -0.05) is 23.7 Å². The van der Waals surface area contributed by atoms with Gasteiger partial charge in [-0.05, 0) is 13.0 Å². The first-order chi connectivity index (χ1) is 17.3. The van der Waals surface area contributed by atoms with E-state index in [2.05, 4.69) is 10.3 Å². The Morgan fingerprint density at radius 3 is 2.89 bits per heavy atom. The van der Waals surface area contributed by atoms with E-state index in [0.29, 0.717) is 30.5 Å². The maximum Gasteiger partial charge on any atom is 0.507 e. The number of imidazole rings is 1. The Hall–Kier alpha value is -3.48. The van der Waals surface area contributed by atoms with E-state index in [-0.39, 0.29) is 35.9 Å². The molecule has 36 heavy (non-hydrogen) atoms. The van der Waals surface area contributed by atoms with Gasteiger partial charge < -0.3 is 29.2 Å². The van der Waals surface area contributed by atoms with Crippen molar-refractivity contribution in [3.8, 4) is 0 Å². The molecule has 0 unspecified atom stereocenters. The van der Waals surface area contributed by atoms with Crippen LogP contribution in [0, 0.1) is 5.82 Å². The van der Waals surface area contributed by atoms with Crippen LogP contribution in [0.2, 0.25) is 5.02 Å². The van der Waals surface area contributed by atoms with Gasteiger partial charge in [0.1, 0.15) is 11.9 Å². The number of halogens is 2. The SMILES string of the molecule is CCOC(=O)C1=C(CN2CCOC[C@@H]2OC(=O)O)NC(c2nccn2C)=N[C@H]1c1cccc(F)c1Cl. The summed E-state index contributed by atoms with van der Waals surface area (Å²) in [5, 5.41) is 12.1. The van der Waals surface area contributed by atoms with Crippen LogP contribution in [0.3, 0.4) is 0 Å². The number of morpholine rings is 1. The molecule has 13 heteroatoms. The van der Waals surface area contributed by atoms with Gasteiger partial charge in [0, 0.05) is 43.8 Å². The fourth-order valence-electron chi connectivity index (χ4n) is 4.06. The number of hydrogen-bond acceptors (Lipinski definition) is 9. The van der Waals surface area contributed by atoms with Crippen LogP contribution in [-0.2, 0) is 26.1 Å². The number of esters is 1. The van der Waals surface area contributed by atoms with Gasteiger partial charge in [-0.25, -0.2) is 19.0 Å². The van der Waals surface area contributed by atoms with Gasteiger partial charge in [0.15, 0.2) is 17.9 Å². The number of aromatic nitrogens is 2. The van der Waals surface area contributed by atoms with Gasteiger partial charge in [-0.2, -0.15) is 0 Å². The predicted octanol–water partition coefficient (Wildman–Crippen LogP) is 2.47. The first-order valence-corrected chi connectivity index (χ1v) is 11.6. The van der Waals surface area contributed by atoms with E-state index in [1.165, 1.54) is 12.1 Å². The van der Waals surface area contributed by atoms with Gasteiger partial charge in [-0.3, -0.25) is 9.89 Å². The predicted molar refractivity (Wildman–Crippen MR) is 126 cm³/mol. The quantitative estimate of drug-likeness (QED) is 0.528. The molecule has 2 N–H and O–H groups in total. The summed E-state index contributed by atoms with van der Waals surface area (Å²) < 4.78 is 31.9. The van der Waals surface area contributed by atoms with Crippen LogP contribution in [0.4, 0.5) is 9.18 Å². The molecule has 2 atom stereocenters. The second kappa shape index (κ2) is 11.1. The number of ether oxygens (including phenoxy) is 3. The van der Waals surface area contributed by atoms with Crippen LogP contribution >= 0.6 is 11.6 Å². The van der Waals surface area contributed by atoms with Gasteiger partial charge in [-0.15, -0.1) is 0 Å². The van der Waals surface area contributed by atoms with Crippen LogP contribution in [0.25, 0.3) is 0 Å². The van der Waals surface area contributed by atoms with Crippen molar-refractivity contribution in [3.05, 3.63) is 64.1 Å². The molecule has 0 bridgehead atoms. The Morgan fingerprint density at radius 2 is 2.19 bits per heavy atom.